The van der Waals surface area contributed by atoms with Crippen molar-refractivity contribution in [2.45, 2.75) is 24.6 Å². The molecule has 0 saturated heterocycles. The fourth-order valence-electron chi connectivity index (χ4n) is 0.848. The quantitative estimate of drug-likeness (QED) is 0.528. The summed E-state index contributed by atoms with van der Waals surface area (Å²) in [5.41, 5.74) is -1.76. The van der Waals surface area contributed by atoms with Crippen molar-refractivity contribution in [3.05, 3.63) is 0 Å². The van der Waals surface area contributed by atoms with Crippen LogP contribution in [0.5, 0.6) is 0 Å². The van der Waals surface area contributed by atoms with Crippen LogP contribution in [0.15, 0.2) is 0 Å². The summed E-state index contributed by atoms with van der Waals surface area (Å²) < 4.78 is 11.9. The fraction of sp³-hybridized carbons (Fsp3) is 0.800. The van der Waals surface area contributed by atoms with E-state index in [9.17, 15) is 9.18 Å². The number of alkyl halides is 1. The first-order chi connectivity index (χ1) is 4.04. The molecule has 4 heteroatoms. The molecule has 0 unspecified atom stereocenters. The second-order valence-electron chi connectivity index (χ2n) is 2.34. The Labute approximate surface area is 51.1 Å². The van der Waals surface area contributed by atoms with Crippen LogP contribution in [0.1, 0.15) is 12.8 Å². The molecule has 0 aromatic heterocycles. The van der Waals surface area contributed by atoms with Gasteiger partial charge in [0.15, 0.2) is 5.60 Å². The van der Waals surface area contributed by atoms with Crippen molar-refractivity contribution in [1.29, 1.82) is 0 Å². The van der Waals surface area contributed by atoms with Gasteiger partial charge in [0.05, 0.1) is 0 Å². The van der Waals surface area contributed by atoms with Crippen LogP contribution < -0.4 is 0 Å². The highest BCUT2D eigenvalue weighted by Gasteiger charge is 2.49. The number of hydrogen-bond acceptors (Lipinski definition) is 2. The maximum Gasteiger partial charge on any atom is 0.335 e. The molecule has 0 amide bonds. The predicted octanol–water partition coefficient (Wildman–Crippen LogP) is -0.0660. The average Bonchev–Trinajstić information content (AvgIpc) is 1.62. The van der Waals surface area contributed by atoms with E-state index in [1.807, 2.05) is 0 Å². The topological polar surface area (TPSA) is 57.5 Å². The van der Waals surface area contributed by atoms with Gasteiger partial charge in [0.25, 0.3) is 0 Å². The molecule has 52 valence electrons. The van der Waals surface area contributed by atoms with Gasteiger partial charge in [0, 0.05) is 12.8 Å². The predicted molar refractivity (Wildman–Crippen MR) is 26.7 cm³/mol. The fourth-order valence-corrected chi connectivity index (χ4v) is 0.848. The van der Waals surface area contributed by atoms with Gasteiger partial charge in [-0.25, -0.2) is 9.18 Å². The maximum absolute atomic E-state index is 11.9. The van der Waals surface area contributed by atoms with E-state index in [-0.39, 0.29) is 12.8 Å². The monoisotopic (exact) mass is 134 g/mol. The summed E-state index contributed by atoms with van der Waals surface area (Å²) in [6.07, 6.45) is -1.66. The van der Waals surface area contributed by atoms with E-state index in [4.69, 9.17) is 10.2 Å². The number of halogens is 1. The highest BCUT2D eigenvalue weighted by atomic mass is 19.1. The van der Waals surface area contributed by atoms with Crippen molar-refractivity contribution in [3.63, 3.8) is 0 Å². The molecule has 0 spiro atoms. The molecule has 3 nitrogen and oxygen atoms in total. The van der Waals surface area contributed by atoms with Gasteiger partial charge in [-0.05, 0) is 0 Å². The number of carboxylic acid groups (broad SMARTS) is 1. The lowest BCUT2D eigenvalue weighted by Gasteiger charge is -2.34. The van der Waals surface area contributed by atoms with Crippen molar-refractivity contribution in [3.8, 4) is 0 Å². The Morgan fingerprint density at radius 2 is 2.11 bits per heavy atom. The lowest BCUT2D eigenvalue weighted by Crippen LogP contribution is -2.51. The molecule has 0 aromatic rings. The summed E-state index contributed by atoms with van der Waals surface area (Å²) >= 11 is 0. The van der Waals surface area contributed by atoms with E-state index in [1.54, 1.807) is 0 Å². The average molecular weight is 134 g/mol. The molecule has 9 heavy (non-hydrogen) atoms. The first-order valence-electron chi connectivity index (χ1n) is 2.64. The summed E-state index contributed by atoms with van der Waals surface area (Å²) in [5, 5.41) is 17.0. The first kappa shape index (κ1) is 6.48. The first-order valence-corrected chi connectivity index (χ1v) is 2.64. The van der Waals surface area contributed by atoms with E-state index in [1.165, 1.54) is 0 Å². The zero-order chi connectivity index (χ0) is 7.07. The van der Waals surface area contributed by atoms with Crippen LogP contribution in [0.25, 0.3) is 0 Å². The molecule has 0 bridgehead atoms. The molecule has 0 atom stereocenters. The van der Waals surface area contributed by atoms with Gasteiger partial charge in [-0.15, -0.1) is 0 Å². The van der Waals surface area contributed by atoms with Crippen LogP contribution in [0, 0.1) is 0 Å². The summed E-state index contributed by atoms with van der Waals surface area (Å²) in [6.45, 7) is 0. The Hall–Kier alpha value is -0.640. The van der Waals surface area contributed by atoms with Crippen molar-refractivity contribution in [2.75, 3.05) is 0 Å². The Morgan fingerprint density at radius 1 is 1.67 bits per heavy atom. The molecular weight excluding hydrogens is 127 g/mol. The third-order valence-corrected chi connectivity index (χ3v) is 1.52. The SMILES string of the molecule is O=C(O)C1(O)CC(F)C1. The molecule has 1 rings (SSSR count). The minimum absolute atomic E-state index is 0.262. The number of carboxylic acids is 1. The minimum Gasteiger partial charge on any atom is -0.479 e. The van der Waals surface area contributed by atoms with E-state index in [2.05, 4.69) is 0 Å². The molecule has 1 saturated carbocycles. The second kappa shape index (κ2) is 1.67. The van der Waals surface area contributed by atoms with Gasteiger partial charge in [-0.2, -0.15) is 0 Å². The number of aliphatic hydroxyl groups is 1. The number of rotatable bonds is 1. The van der Waals surface area contributed by atoms with Crippen LogP contribution in [-0.4, -0.2) is 28.0 Å². The van der Waals surface area contributed by atoms with Crippen molar-refractivity contribution < 1.29 is 19.4 Å². The third-order valence-electron chi connectivity index (χ3n) is 1.52. The Morgan fingerprint density at radius 3 is 2.22 bits per heavy atom. The van der Waals surface area contributed by atoms with Gasteiger partial charge in [-0.3, -0.25) is 0 Å². The summed E-state index contributed by atoms with van der Waals surface area (Å²) in [6, 6.07) is 0. The molecular formula is C5H7FO3. The van der Waals surface area contributed by atoms with Crippen LogP contribution >= 0.6 is 0 Å². The highest BCUT2D eigenvalue weighted by molar-refractivity contribution is 5.78. The number of hydrogen-bond donors (Lipinski definition) is 2. The van der Waals surface area contributed by atoms with Crippen molar-refractivity contribution >= 4 is 5.97 Å². The second-order valence-corrected chi connectivity index (χ2v) is 2.34. The molecule has 1 aliphatic carbocycles. The van der Waals surface area contributed by atoms with Gasteiger partial charge < -0.3 is 10.2 Å². The maximum atomic E-state index is 11.9. The summed E-state index contributed by atoms with van der Waals surface area (Å²) in [4.78, 5) is 10.0. The van der Waals surface area contributed by atoms with E-state index in [0.29, 0.717) is 0 Å². The lowest BCUT2D eigenvalue weighted by atomic mass is 9.79. The van der Waals surface area contributed by atoms with Crippen molar-refractivity contribution in [2.24, 2.45) is 0 Å². The molecule has 1 fully saturated rings. The molecule has 0 aromatic carbocycles. The standard InChI is InChI=1S/C5H7FO3/c6-3-1-5(9,2-3)4(7)8/h3,9H,1-2H2,(H,7,8). The molecule has 0 aliphatic heterocycles. The van der Waals surface area contributed by atoms with Crippen LogP contribution in [0.3, 0.4) is 0 Å². The largest absolute Gasteiger partial charge is 0.479 e. The zero-order valence-electron chi connectivity index (χ0n) is 4.67. The van der Waals surface area contributed by atoms with Crippen molar-refractivity contribution in [1.82, 2.24) is 0 Å². The normalized spacial score (nSPS) is 41.8. The Kier molecular flexibility index (Phi) is 1.20. The Bertz CT molecular complexity index is 139. The van der Waals surface area contributed by atoms with Gasteiger partial charge in [-0.1, -0.05) is 0 Å². The lowest BCUT2D eigenvalue weighted by molar-refractivity contribution is -0.175. The Balaban J connectivity index is 2.50. The molecule has 2 N–H and O–H groups in total. The summed E-state index contributed by atoms with van der Waals surface area (Å²) in [5.74, 6) is -1.32. The van der Waals surface area contributed by atoms with E-state index in [0.717, 1.165) is 0 Å². The van der Waals surface area contributed by atoms with Crippen LogP contribution in [0.2, 0.25) is 0 Å². The van der Waals surface area contributed by atoms with Crippen LogP contribution in [-0.2, 0) is 4.79 Å². The zero-order valence-corrected chi connectivity index (χ0v) is 4.67. The molecule has 0 radical (unpaired) electrons. The molecule has 0 heterocycles. The van der Waals surface area contributed by atoms with E-state index < -0.39 is 17.7 Å². The highest BCUT2D eigenvalue weighted by Crippen LogP contribution is 2.34. The molecule has 1 aliphatic rings. The summed E-state index contributed by atoms with van der Waals surface area (Å²) in [7, 11) is 0. The smallest absolute Gasteiger partial charge is 0.335 e. The third kappa shape index (κ3) is 0.896. The van der Waals surface area contributed by atoms with E-state index >= 15 is 0 Å². The van der Waals surface area contributed by atoms with Gasteiger partial charge >= 0.3 is 5.97 Å². The van der Waals surface area contributed by atoms with Gasteiger partial charge in [0.1, 0.15) is 6.17 Å². The van der Waals surface area contributed by atoms with Crippen LogP contribution in [0.4, 0.5) is 4.39 Å². The number of aliphatic carboxylic acids is 1. The number of carbonyl (C=O) groups is 1. The van der Waals surface area contributed by atoms with Gasteiger partial charge in [0.2, 0.25) is 0 Å². The minimum atomic E-state index is -1.76.